The number of nitrogen functional groups attached to an aromatic ring is 1. The van der Waals surface area contributed by atoms with E-state index in [-0.39, 0.29) is 12.5 Å². The summed E-state index contributed by atoms with van der Waals surface area (Å²) in [6, 6.07) is 5.53. The molecule has 0 saturated carbocycles. The largest absolute Gasteiger partial charge is 0.398 e. The van der Waals surface area contributed by atoms with Crippen LogP contribution in [0.2, 0.25) is 0 Å². The van der Waals surface area contributed by atoms with Gasteiger partial charge in [-0.15, -0.1) is 0 Å². The van der Waals surface area contributed by atoms with Crippen molar-refractivity contribution in [1.82, 2.24) is 4.98 Å². The van der Waals surface area contributed by atoms with E-state index in [1.165, 1.54) is 0 Å². The second-order valence-electron chi connectivity index (χ2n) is 3.92. The van der Waals surface area contributed by atoms with Crippen molar-refractivity contribution in [3.63, 3.8) is 0 Å². The maximum absolute atomic E-state index is 10.9. The van der Waals surface area contributed by atoms with Crippen LogP contribution in [-0.4, -0.2) is 24.5 Å². The van der Waals surface area contributed by atoms with Crippen LogP contribution in [0.4, 0.5) is 11.4 Å². The van der Waals surface area contributed by atoms with E-state index in [1.54, 1.807) is 17.3 Å². The second-order valence-corrected chi connectivity index (χ2v) is 3.92. The van der Waals surface area contributed by atoms with Gasteiger partial charge in [0.1, 0.15) is 0 Å². The van der Waals surface area contributed by atoms with Crippen molar-refractivity contribution in [2.75, 3.05) is 24.2 Å². The quantitative estimate of drug-likeness (QED) is 0.761. The fourth-order valence-electron chi connectivity index (χ4n) is 1.85. The SMILES string of the molecule is CN(CC(N)=O)c1ccc(N)c2ccncc12. The number of likely N-dealkylation sites (N-methyl/N-ethyl adjacent to an activating group) is 1. The molecule has 0 aliphatic rings. The summed E-state index contributed by atoms with van der Waals surface area (Å²) in [6.07, 6.45) is 3.43. The molecule has 1 amide bonds. The predicted octanol–water partition coefficient (Wildman–Crippen LogP) is 0.738. The number of anilines is 2. The number of amides is 1. The average molecular weight is 230 g/mol. The van der Waals surface area contributed by atoms with Gasteiger partial charge >= 0.3 is 0 Å². The molecule has 17 heavy (non-hydrogen) atoms. The van der Waals surface area contributed by atoms with E-state index >= 15 is 0 Å². The van der Waals surface area contributed by atoms with Gasteiger partial charge in [-0.3, -0.25) is 9.78 Å². The lowest BCUT2D eigenvalue weighted by Gasteiger charge is -2.19. The molecule has 0 radical (unpaired) electrons. The van der Waals surface area contributed by atoms with Gasteiger partial charge in [0.15, 0.2) is 0 Å². The number of hydrogen-bond donors (Lipinski definition) is 2. The fourth-order valence-corrected chi connectivity index (χ4v) is 1.85. The topological polar surface area (TPSA) is 85.2 Å². The van der Waals surface area contributed by atoms with Crippen LogP contribution in [-0.2, 0) is 4.79 Å². The average Bonchev–Trinajstić information content (AvgIpc) is 2.29. The molecule has 0 fully saturated rings. The lowest BCUT2D eigenvalue weighted by Crippen LogP contribution is -2.30. The number of carbonyl (C=O) groups excluding carboxylic acids is 1. The van der Waals surface area contributed by atoms with Gasteiger partial charge in [-0.05, 0) is 18.2 Å². The van der Waals surface area contributed by atoms with E-state index in [4.69, 9.17) is 11.5 Å². The lowest BCUT2D eigenvalue weighted by atomic mass is 10.1. The van der Waals surface area contributed by atoms with Crippen LogP contribution in [0.5, 0.6) is 0 Å². The van der Waals surface area contributed by atoms with Crippen molar-refractivity contribution in [3.05, 3.63) is 30.6 Å². The first-order chi connectivity index (χ1) is 8.09. The minimum atomic E-state index is -0.374. The smallest absolute Gasteiger partial charge is 0.236 e. The molecule has 5 nitrogen and oxygen atoms in total. The molecule has 5 heteroatoms. The van der Waals surface area contributed by atoms with Gasteiger partial charge in [0, 0.05) is 41.6 Å². The van der Waals surface area contributed by atoms with E-state index in [2.05, 4.69) is 4.98 Å². The number of hydrogen-bond acceptors (Lipinski definition) is 4. The Morgan fingerprint density at radius 2 is 2.12 bits per heavy atom. The van der Waals surface area contributed by atoms with Gasteiger partial charge < -0.3 is 16.4 Å². The molecular weight excluding hydrogens is 216 g/mol. The standard InChI is InChI=1S/C12H14N4O/c1-16(7-12(14)17)11-3-2-10(13)8-4-5-15-6-9(8)11/h2-6H,7,13H2,1H3,(H2,14,17). The Labute approximate surface area is 99.0 Å². The third-order valence-corrected chi connectivity index (χ3v) is 2.63. The molecule has 1 aromatic carbocycles. The molecule has 0 saturated heterocycles. The first-order valence-corrected chi connectivity index (χ1v) is 5.21. The summed E-state index contributed by atoms with van der Waals surface area (Å²) in [5.41, 5.74) is 12.7. The van der Waals surface area contributed by atoms with Crippen molar-refractivity contribution < 1.29 is 4.79 Å². The monoisotopic (exact) mass is 230 g/mol. The zero-order chi connectivity index (χ0) is 12.4. The molecule has 1 heterocycles. The molecule has 0 aliphatic heterocycles. The molecule has 88 valence electrons. The van der Waals surface area contributed by atoms with Crippen molar-refractivity contribution in [1.29, 1.82) is 0 Å². The summed E-state index contributed by atoms with van der Waals surface area (Å²) < 4.78 is 0. The number of benzene rings is 1. The van der Waals surface area contributed by atoms with Crippen LogP contribution in [0.1, 0.15) is 0 Å². The highest BCUT2D eigenvalue weighted by Gasteiger charge is 2.09. The normalized spacial score (nSPS) is 10.4. The zero-order valence-electron chi connectivity index (χ0n) is 9.55. The maximum atomic E-state index is 10.9. The minimum Gasteiger partial charge on any atom is -0.398 e. The number of carbonyl (C=O) groups is 1. The van der Waals surface area contributed by atoms with E-state index in [0.29, 0.717) is 5.69 Å². The van der Waals surface area contributed by atoms with Gasteiger partial charge in [-0.25, -0.2) is 0 Å². The van der Waals surface area contributed by atoms with Gasteiger partial charge in [0.25, 0.3) is 0 Å². The Morgan fingerprint density at radius 3 is 2.82 bits per heavy atom. The maximum Gasteiger partial charge on any atom is 0.236 e. The Hall–Kier alpha value is -2.30. The molecule has 0 spiro atoms. The Bertz CT molecular complexity index is 567. The zero-order valence-corrected chi connectivity index (χ0v) is 9.55. The number of nitrogens with zero attached hydrogens (tertiary/aromatic N) is 2. The van der Waals surface area contributed by atoms with Gasteiger partial charge in [-0.2, -0.15) is 0 Å². The third-order valence-electron chi connectivity index (χ3n) is 2.63. The van der Waals surface area contributed by atoms with Crippen LogP contribution in [0.15, 0.2) is 30.6 Å². The number of aromatic nitrogens is 1. The highest BCUT2D eigenvalue weighted by atomic mass is 16.1. The third kappa shape index (κ3) is 2.13. The number of fused-ring (bicyclic) bond motifs is 1. The summed E-state index contributed by atoms with van der Waals surface area (Å²) in [5.74, 6) is -0.374. The van der Waals surface area contributed by atoms with Crippen molar-refractivity contribution in [2.24, 2.45) is 5.73 Å². The highest BCUT2D eigenvalue weighted by Crippen LogP contribution is 2.29. The Kier molecular flexibility index (Phi) is 2.82. The van der Waals surface area contributed by atoms with E-state index in [9.17, 15) is 4.79 Å². The summed E-state index contributed by atoms with van der Waals surface area (Å²) in [4.78, 5) is 16.8. The fraction of sp³-hybridized carbons (Fsp3) is 0.167. The van der Waals surface area contributed by atoms with Crippen LogP contribution < -0.4 is 16.4 Å². The van der Waals surface area contributed by atoms with E-state index < -0.39 is 0 Å². The van der Waals surface area contributed by atoms with Gasteiger partial charge in [0.2, 0.25) is 5.91 Å². The summed E-state index contributed by atoms with van der Waals surface area (Å²) in [7, 11) is 1.81. The molecule has 0 unspecified atom stereocenters. The van der Waals surface area contributed by atoms with Crippen LogP contribution in [0.25, 0.3) is 10.8 Å². The first kappa shape index (κ1) is 11.2. The van der Waals surface area contributed by atoms with Gasteiger partial charge in [-0.1, -0.05) is 0 Å². The minimum absolute atomic E-state index is 0.161. The summed E-state index contributed by atoms with van der Waals surface area (Å²) in [5, 5.41) is 1.84. The van der Waals surface area contributed by atoms with Crippen LogP contribution in [0, 0.1) is 0 Å². The molecule has 0 bridgehead atoms. The molecule has 0 aliphatic carbocycles. The second kappa shape index (κ2) is 4.29. The van der Waals surface area contributed by atoms with Crippen molar-refractivity contribution >= 4 is 28.1 Å². The summed E-state index contributed by atoms with van der Waals surface area (Å²) >= 11 is 0. The first-order valence-electron chi connectivity index (χ1n) is 5.21. The molecule has 2 aromatic rings. The number of primary amides is 1. The number of pyridine rings is 1. The molecule has 4 N–H and O–H groups in total. The van der Waals surface area contributed by atoms with Crippen molar-refractivity contribution in [3.8, 4) is 0 Å². The predicted molar refractivity (Wildman–Crippen MR) is 68.6 cm³/mol. The summed E-state index contributed by atoms with van der Waals surface area (Å²) in [6.45, 7) is 0.161. The van der Waals surface area contributed by atoms with E-state index in [0.717, 1.165) is 16.5 Å². The lowest BCUT2D eigenvalue weighted by molar-refractivity contribution is -0.116. The van der Waals surface area contributed by atoms with Crippen LogP contribution in [0.3, 0.4) is 0 Å². The molecule has 2 rings (SSSR count). The Morgan fingerprint density at radius 1 is 1.35 bits per heavy atom. The van der Waals surface area contributed by atoms with Gasteiger partial charge in [0.05, 0.1) is 6.54 Å². The Balaban J connectivity index is 2.55. The van der Waals surface area contributed by atoms with Crippen molar-refractivity contribution in [2.45, 2.75) is 0 Å². The molecular formula is C12H14N4O. The van der Waals surface area contributed by atoms with E-state index in [1.807, 2.05) is 25.2 Å². The van der Waals surface area contributed by atoms with Crippen LogP contribution >= 0.6 is 0 Å². The highest BCUT2D eigenvalue weighted by molar-refractivity contribution is 6.01. The number of nitrogens with two attached hydrogens (primary N) is 2. The number of rotatable bonds is 3. The molecule has 0 atom stereocenters. The molecule has 1 aromatic heterocycles.